The maximum Gasteiger partial charge on any atom is 0.258 e. The maximum atomic E-state index is 12.4. The van der Waals surface area contributed by atoms with Crippen molar-refractivity contribution >= 4 is 52.5 Å². The van der Waals surface area contributed by atoms with Gasteiger partial charge in [0.2, 0.25) is 5.91 Å². The largest absolute Gasteiger partial charge is 0.376 e. The van der Waals surface area contributed by atoms with Gasteiger partial charge < -0.3 is 15.7 Å². The predicted octanol–water partition coefficient (Wildman–Crippen LogP) is 2.66. The molecule has 1 saturated carbocycles. The van der Waals surface area contributed by atoms with Gasteiger partial charge in [0.15, 0.2) is 5.65 Å². The fraction of sp³-hybridized carbons (Fsp3) is 0.227. The van der Waals surface area contributed by atoms with Gasteiger partial charge in [-0.3, -0.25) is 14.5 Å². The summed E-state index contributed by atoms with van der Waals surface area (Å²) in [5, 5.41) is 29.7. The monoisotopic (exact) mass is 463 g/mol. The molecule has 0 bridgehead atoms. The molecule has 3 N–H and O–H groups in total. The van der Waals surface area contributed by atoms with Crippen molar-refractivity contribution < 1.29 is 14.7 Å². The third-order valence-electron chi connectivity index (χ3n) is 5.42. The number of fused-ring (bicyclic) bond motifs is 1. The summed E-state index contributed by atoms with van der Waals surface area (Å²) in [6.07, 6.45) is 5.16. The van der Waals surface area contributed by atoms with Gasteiger partial charge in [-0.2, -0.15) is 14.9 Å². The summed E-state index contributed by atoms with van der Waals surface area (Å²) >= 11 is 6.31. The highest BCUT2D eigenvalue weighted by Crippen LogP contribution is 2.31. The molecule has 2 aromatic heterocycles. The molecule has 10 nitrogen and oxygen atoms in total. The Morgan fingerprint density at radius 2 is 2.12 bits per heavy atom. The van der Waals surface area contributed by atoms with Crippen LogP contribution in [-0.4, -0.2) is 49.2 Å². The molecule has 3 aromatic rings. The number of amides is 2. The molecule has 2 aliphatic rings. The SMILES string of the molecule is N#Cc1ccc(Nc2cc(NC3CC3)n3ncc(/C=C4\CC(=O)N(CO)C4=O)c3n2)c(Cl)c1. The maximum absolute atomic E-state index is 12.4. The van der Waals surface area contributed by atoms with E-state index in [9.17, 15) is 14.7 Å². The molecule has 0 unspecified atom stereocenters. The standard InChI is InChI=1S/C22H18ClN7O3/c23-16-5-12(9-24)1-4-17(16)27-18-8-19(26-15-2-3-15)30-21(28-18)14(10-25-30)6-13-7-20(32)29(11-31)22(13)33/h1,4-6,8,10,15,26,31H,2-3,7,11H2,(H,27,28)/b13-6+. The number of rotatable bonds is 6. The molecule has 5 rings (SSSR count). The Kier molecular flexibility index (Phi) is 5.20. The van der Waals surface area contributed by atoms with Crippen LogP contribution in [-0.2, 0) is 9.59 Å². The van der Waals surface area contributed by atoms with Crippen LogP contribution in [0.3, 0.4) is 0 Å². The second-order valence-electron chi connectivity index (χ2n) is 7.83. The first-order valence-corrected chi connectivity index (χ1v) is 10.6. The number of benzene rings is 1. The molecule has 166 valence electrons. The van der Waals surface area contributed by atoms with Crippen LogP contribution in [0.15, 0.2) is 36.0 Å². The Morgan fingerprint density at radius 3 is 2.79 bits per heavy atom. The van der Waals surface area contributed by atoms with Crippen molar-refractivity contribution in [1.82, 2.24) is 19.5 Å². The number of aliphatic hydroxyl groups excluding tert-OH is 1. The summed E-state index contributed by atoms with van der Waals surface area (Å²) in [5.74, 6) is 0.220. The van der Waals surface area contributed by atoms with Crippen molar-refractivity contribution in [2.45, 2.75) is 25.3 Å². The molecule has 1 aliphatic carbocycles. The van der Waals surface area contributed by atoms with Gasteiger partial charge in [0.25, 0.3) is 5.91 Å². The van der Waals surface area contributed by atoms with E-state index in [0.717, 1.165) is 17.7 Å². The molecule has 33 heavy (non-hydrogen) atoms. The second-order valence-corrected chi connectivity index (χ2v) is 8.23. The van der Waals surface area contributed by atoms with Gasteiger partial charge in [0, 0.05) is 23.2 Å². The first-order chi connectivity index (χ1) is 16.0. The minimum absolute atomic E-state index is 0.0945. The molecule has 0 radical (unpaired) electrons. The average Bonchev–Trinajstić information content (AvgIpc) is 3.46. The summed E-state index contributed by atoms with van der Waals surface area (Å²) in [5.41, 5.74) is 2.32. The summed E-state index contributed by atoms with van der Waals surface area (Å²) in [6, 6.07) is 9.12. The Bertz CT molecular complexity index is 1370. The lowest BCUT2D eigenvalue weighted by Gasteiger charge is -2.12. The van der Waals surface area contributed by atoms with Gasteiger partial charge in [-0.25, -0.2) is 4.98 Å². The minimum Gasteiger partial charge on any atom is -0.376 e. The number of anilines is 3. The normalized spacial score (nSPS) is 17.1. The van der Waals surface area contributed by atoms with Crippen LogP contribution in [0.5, 0.6) is 0 Å². The lowest BCUT2D eigenvalue weighted by Crippen LogP contribution is -2.29. The number of hydrogen-bond acceptors (Lipinski definition) is 8. The number of aliphatic hydroxyl groups is 1. The van der Waals surface area contributed by atoms with E-state index < -0.39 is 18.5 Å². The summed E-state index contributed by atoms with van der Waals surface area (Å²) in [7, 11) is 0. The van der Waals surface area contributed by atoms with E-state index in [1.165, 1.54) is 0 Å². The molecule has 1 aromatic carbocycles. The highest BCUT2D eigenvalue weighted by atomic mass is 35.5. The van der Waals surface area contributed by atoms with Gasteiger partial charge in [-0.1, -0.05) is 11.6 Å². The molecule has 11 heteroatoms. The van der Waals surface area contributed by atoms with Crippen LogP contribution in [0.25, 0.3) is 11.7 Å². The zero-order valence-electron chi connectivity index (χ0n) is 17.2. The molecule has 0 atom stereocenters. The molecule has 1 aliphatic heterocycles. The number of carbonyl (C=O) groups excluding carboxylic acids is 2. The van der Waals surface area contributed by atoms with Crippen LogP contribution in [0, 0.1) is 11.3 Å². The Labute approximate surface area is 193 Å². The highest BCUT2D eigenvalue weighted by molar-refractivity contribution is 6.33. The van der Waals surface area contributed by atoms with Crippen LogP contribution in [0.4, 0.5) is 17.3 Å². The fourth-order valence-electron chi connectivity index (χ4n) is 3.57. The molecular weight excluding hydrogens is 446 g/mol. The van der Waals surface area contributed by atoms with Gasteiger partial charge in [-0.15, -0.1) is 0 Å². The van der Waals surface area contributed by atoms with Crippen LogP contribution >= 0.6 is 11.6 Å². The summed E-state index contributed by atoms with van der Waals surface area (Å²) in [6.45, 7) is -0.656. The molecule has 3 heterocycles. The topological polar surface area (TPSA) is 136 Å². The zero-order chi connectivity index (χ0) is 23.1. The fourth-order valence-corrected chi connectivity index (χ4v) is 3.80. The van der Waals surface area contributed by atoms with E-state index in [1.54, 1.807) is 35.0 Å². The first kappa shape index (κ1) is 20.9. The predicted molar refractivity (Wildman–Crippen MR) is 121 cm³/mol. The van der Waals surface area contributed by atoms with Crippen molar-refractivity contribution in [3.05, 3.63) is 52.2 Å². The van der Waals surface area contributed by atoms with Crippen molar-refractivity contribution in [3.63, 3.8) is 0 Å². The van der Waals surface area contributed by atoms with E-state index in [1.807, 2.05) is 12.1 Å². The minimum atomic E-state index is -0.656. The van der Waals surface area contributed by atoms with Gasteiger partial charge in [0.05, 0.1) is 35.0 Å². The number of nitriles is 1. The molecule has 2 fully saturated rings. The van der Waals surface area contributed by atoms with Gasteiger partial charge >= 0.3 is 0 Å². The van der Waals surface area contributed by atoms with Crippen LogP contribution in [0.1, 0.15) is 30.4 Å². The van der Waals surface area contributed by atoms with E-state index in [2.05, 4.69) is 20.7 Å². The third-order valence-corrected chi connectivity index (χ3v) is 5.74. The van der Waals surface area contributed by atoms with Crippen molar-refractivity contribution in [2.75, 3.05) is 17.4 Å². The molecule has 2 amide bonds. The van der Waals surface area contributed by atoms with E-state index in [0.29, 0.717) is 45.2 Å². The van der Waals surface area contributed by atoms with Gasteiger partial charge in [-0.05, 0) is 37.1 Å². The lowest BCUT2D eigenvalue weighted by molar-refractivity contribution is -0.141. The number of aromatic nitrogens is 3. The van der Waals surface area contributed by atoms with E-state index in [-0.39, 0.29) is 12.0 Å². The van der Waals surface area contributed by atoms with Crippen molar-refractivity contribution in [2.24, 2.45) is 0 Å². The number of halogens is 1. The number of hydrogen-bond donors (Lipinski definition) is 3. The van der Waals surface area contributed by atoms with Crippen LogP contribution < -0.4 is 10.6 Å². The smallest absolute Gasteiger partial charge is 0.258 e. The third kappa shape index (κ3) is 4.00. The number of likely N-dealkylation sites (tertiary alicyclic amines) is 1. The lowest BCUT2D eigenvalue weighted by atomic mass is 10.1. The number of nitrogens with one attached hydrogen (secondary N) is 2. The Morgan fingerprint density at radius 1 is 1.30 bits per heavy atom. The zero-order valence-corrected chi connectivity index (χ0v) is 18.0. The molecule has 0 spiro atoms. The van der Waals surface area contributed by atoms with Crippen molar-refractivity contribution in [1.29, 1.82) is 5.26 Å². The quantitative estimate of drug-likeness (QED) is 0.375. The van der Waals surface area contributed by atoms with Crippen LogP contribution in [0.2, 0.25) is 5.02 Å². The second kappa shape index (κ2) is 8.20. The number of imide groups is 1. The summed E-state index contributed by atoms with van der Waals surface area (Å²) < 4.78 is 1.64. The van der Waals surface area contributed by atoms with Crippen molar-refractivity contribution in [3.8, 4) is 6.07 Å². The Balaban J connectivity index is 1.56. The average molecular weight is 464 g/mol. The molecular formula is C22H18ClN7O3. The number of carbonyl (C=O) groups is 2. The van der Waals surface area contributed by atoms with E-state index in [4.69, 9.17) is 16.9 Å². The number of nitrogens with zero attached hydrogens (tertiary/aromatic N) is 5. The van der Waals surface area contributed by atoms with Gasteiger partial charge in [0.1, 0.15) is 18.4 Å². The highest BCUT2D eigenvalue weighted by Gasteiger charge is 2.33. The first-order valence-electron chi connectivity index (χ1n) is 10.2. The molecule has 1 saturated heterocycles. The van der Waals surface area contributed by atoms with E-state index >= 15 is 0 Å². The summed E-state index contributed by atoms with van der Waals surface area (Å²) in [4.78, 5) is 29.8. The Hall–Kier alpha value is -3.94.